The van der Waals surface area contributed by atoms with Crippen LogP contribution < -0.4 is 5.32 Å². The van der Waals surface area contributed by atoms with E-state index >= 15 is 0 Å². The van der Waals surface area contributed by atoms with Crippen molar-refractivity contribution in [2.75, 3.05) is 25.0 Å². The van der Waals surface area contributed by atoms with Crippen molar-refractivity contribution in [3.05, 3.63) is 23.4 Å². The van der Waals surface area contributed by atoms with Crippen molar-refractivity contribution in [3.8, 4) is 0 Å². The Morgan fingerprint density at radius 2 is 1.76 bits per heavy atom. The van der Waals surface area contributed by atoms with Crippen LogP contribution in [0.4, 0.5) is 23.8 Å². The molecule has 1 N–H and O–H groups in total. The van der Waals surface area contributed by atoms with Crippen molar-refractivity contribution in [1.29, 1.82) is 0 Å². The Balaban J connectivity index is 3.16. The second kappa shape index (κ2) is 11.6. The van der Waals surface area contributed by atoms with Crippen molar-refractivity contribution in [2.45, 2.75) is 85.7 Å². The largest absolute Gasteiger partial charge is 0.444 e. The molecule has 1 heterocycles. The second-order valence-electron chi connectivity index (χ2n) is 9.25. The van der Waals surface area contributed by atoms with Crippen molar-refractivity contribution in [1.82, 2.24) is 14.8 Å². The smallest absolute Gasteiger partial charge is 0.417 e. The van der Waals surface area contributed by atoms with Crippen LogP contribution in [0.15, 0.2) is 12.3 Å². The molecule has 0 aliphatic rings. The minimum absolute atomic E-state index is 0.216. The highest BCUT2D eigenvalue weighted by Crippen LogP contribution is 2.34. The van der Waals surface area contributed by atoms with E-state index in [4.69, 9.17) is 4.74 Å². The molecule has 0 aromatic carbocycles. The average molecular weight is 475 g/mol. The van der Waals surface area contributed by atoms with Crippen LogP contribution in [-0.4, -0.2) is 58.1 Å². The number of alkyl halides is 3. The number of aromatic nitrogens is 1. The van der Waals surface area contributed by atoms with E-state index in [0.717, 1.165) is 18.7 Å². The number of carbonyl (C=O) groups excluding carboxylic acids is 2. The molecule has 0 aliphatic heterocycles. The molecule has 33 heavy (non-hydrogen) atoms. The molecule has 0 bridgehead atoms. The number of carbonyl (C=O) groups is 2. The summed E-state index contributed by atoms with van der Waals surface area (Å²) in [5.41, 5.74) is -1.27. The summed E-state index contributed by atoms with van der Waals surface area (Å²) in [7, 11) is 0. The van der Waals surface area contributed by atoms with Crippen LogP contribution in [0.3, 0.4) is 0 Å². The molecular formula is C23H37F3N4O3. The predicted molar refractivity (Wildman–Crippen MR) is 122 cm³/mol. The standard InChI is InChI=1S/C23H37F3N4O3/c1-9-11-29(21(32)33-22(6,7)8)12-10-27-20-19(13-18(14-28-20)23(24,25)26)16(4)30(15(2)3)17(5)31/h13-16H,9-12H2,1-8H3,(H,27,28). The summed E-state index contributed by atoms with van der Waals surface area (Å²) in [4.78, 5) is 31.7. The Morgan fingerprint density at radius 3 is 2.21 bits per heavy atom. The maximum absolute atomic E-state index is 13.3. The first-order chi connectivity index (χ1) is 15.1. The molecular weight excluding hydrogens is 437 g/mol. The van der Waals surface area contributed by atoms with Gasteiger partial charge in [-0.05, 0) is 54.0 Å². The van der Waals surface area contributed by atoms with Crippen molar-refractivity contribution in [2.24, 2.45) is 0 Å². The van der Waals surface area contributed by atoms with Gasteiger partial charge in [0.1, 0.15) is 11.4 Å². The lowest BCUT2D eigenvalue weighted by molar-refractivity contribution is -0.137. The molecule has 1 atom stereocenters. The number of hydrogen-bond donors (Lipinski definition) is 1. The Morgan fingerprint density at radius 1 is 1.15 bits per heavy atom. The van der Waals surface area contributed by atoms with E-state index in [1.54, 1.807) is 46.4 Å². The second-order valence-corrected chi connectivity index (χ2v) is 9.25. The molecule has 0 radical (unpaired) electrons. The van der Waals surface area contributed by atoms with Gasteiger partial charge in [0, 0.05) is 44.4 Å². The Labute approximate surface area is 194 Å². The number of halogens is 3. The highest BCUT2D eigenvalue weighted by molar-refractivity contribution is 5.74. The first-order valence-corrected chi connectivity index (χ1v) is 11.2. The lowest BCUT2D eigenvalue weighted by Gasteiger charge is -2.33. The summed E-state index contributed by atoms with van der Waals surface area (Å²) >= 11 is 0. The maximum Gasteiger partial charge on any atom is 0.417 e. The number of hydrogen-bond acceptors (Lipinski definition) is 5. The van der Waals surface area contributed by atoms with Gasteiger partial charge in [-0.25, -0.2) is 9.78 Å². The van der Waals surface area contributed by atoms with Crippen molar-refractivity contribution < 1.29 is 27.5 Å². The molecule has 0 saturated carbocycles. The maximum atomic E-state index is 13.3. The zero-order valence-electron chi connectivity index (χ0n) is 20.8. The topological polar surface area (TPSA) is 74.8 Å². The summed E-state index contributed by atoms with van der Waals surface area (Å²) in [6.07, 6.45) is -3.53. The minimum Gasteiger partial charge on any atom is -0.444 e. The quantitative estimate of drug-likeness (QED) is 0.513. The van der Waals surface area contributed by atoms with E-state index in [0.29, 0.717) is 6.54 Å². The summed E-state index contributed by atoms with van der Waals surface area (Å²) in [5, 5.41) is 3.05. The molecule has 0 aliphatic carbocycles. The average Bonchev–Trinajstić information content (AvgIpc) is 2.64. The molecule has 1 aromatic heterocycles. The van der Waals surface area contributed by atoms with E-state index < -0.39 is 29.5 Å². The first-order valence-electron chi connectivity index (χ1n) is 11.2. The third kappa shape index (κ3) is 8.74. The van der Waals surface area contributed by atoms with E-state index in [-0.39, 0.29) is 36.4 Å². The molecule has 10 heteroatoms. The summed E-state index contributed by atoms with van der Waals surface area (Å²) < 4.78 is 45.5. The Kier molecular flexibility index (Phi) is 9.99. The summed E-state index contributed by atoms with van der Waals surface area (Å²) in [6.45, 7) is 14.9. The molecule has 188 valence electrons. The summed E-state index contributed by atoms with van der Waals surface area (Å²) in [6, 6.07) is 0.167. The van der Waals surface area contributed by atoms with Gasteiger partial charge in [0.25, 0.3) is 0 Å². The molecule has 1 unspecified atom stereocenters. The molecule has 7 nitrogen and oxygen atoms in total. The molecule has 1 rings (SSSR count). The number of nitrogens with zero attached hydrogens (tertiary/aromatic N) is 3. The van der Waals surface area contributed by atoms with Gasteiger partial charge < -0.3 is 19.9 Å². The number of ether oxygens (including phenoxy) is 1. The van der Waals surface area contributed by atoms with Crippen LogP contribution in [0.1, 0.15) is 79.0 Å². The fourth-order valence-electron chi connectivity index (χ4n) is 3.54. The highest BCUT2D eigenvalue weighted by atomic mass is 19.4. The molecule has 1 aromatic rings. The van der Waals surface area contributed by atoms with Crippen molar-refractivity contribution >= 4 is 17.8 Å². The molecule has 2 amide bonds. The Bertz CT molecular complexity index is 807. The number of anilines is 1. The van der Waals surface area contributed by atoms with Crippen LogP contribution in [0, 0.1) is 0 Å². The van der Waals surface area contributed by atoms with Crippen molar-refractivity contribution in [3.63, 3.8) is 0 Å². The third-order valence-electron chi connectivity index (χ3n) is 4.85. The number of pyridine rings is 1. The van der Waals surface area contributed by atoms with E-state index in [9.17, 15) is 22.8 Å². The molecule has 0 spiro atoms. The highest BCUT2D eigenvalue weighted by Gasteiger charge is 2.33. The van der Waals surface area contributed by atoms with Gasteiger partial charge in [-0.15, -0.1) is 0 Å². The number of nitrogens with one attached hydrogen (secondary N) is 1. The fraction of sp³-hybridized carbons (Fsp3) is 0.696. The first kappa shape index (κ1) is 28.5. The minimum atomic E-state index is -4.56. The van der Waals surface area contributed by atoms with Gasteiger partial charge in [0.15, 0.2) is 0 Å². The SMILES string of the molecule is CCCN(CCNc1ncc(C(F)(F)F)cc1C(C)N(C(C)=O)C(C)C)C(=O)OC(C)(C)C. The van der Waals surface area contributed by atoms with Gasteiger partial charge in [0.05, 0.1) is 11.6 Å². The zero-order valence-corrected chi connectivity index (χ0v) is 20.8. The third-order valence-corrected chi connectivity index (χ3v) is 4.85. The predicted octanol–water partition coefficient (Wildman–Crippen LogP) is 5.48. The van der Waals surface area contributed by atoms with E-state index in [1.807, 2.05) is 6.92 Å². The van der Waals surface area contributed by atoms with Crippen LogP contribution >= 0.6 is 0 Å². The van der Waals surface area contributed by atoms with E-state index in [2.05, 4.69) is 10.3 Å². The van der Waals surface area contributed by atoms with Gasteiger partial charge >= 0.3 is 12.3 Å². The van der Waals surface area contributed by atoms with Crippen LogP contribution in [0.5, 0.6) is 0 Å². The molecule has 0 fully saturated rings. The molecule has 0 saturated heterocycles. The normalized spacial score (nSPS) is 13.0. The fourth-order valence-corrected chi connectivity index (χ4v) is 3.54. The van der Waals surface area contributed by atoms with Gasteiger partial charge in [-0.2, -0.15) is 13.2 Å². The van der Waals surface area contributed by atoms with Gasteiger partial charge in [-0.3, -0.25) is 4.79 Å². The van der Waals surface area contributed by atoms with Crippen LogP contribution in [0.25, 0.3) is 0 Å². The number of amides is 2. The number of rotatable bonds is 9. The van der Waals surface area contributed by atoms with E-state index in [1.165, 1.54) is 11.8 Å². The summed E-state index contributed by atoms with van der Waals surface area (Å²) in [5.74, 6) is -0.0112. The lowest BCUT2D eigenvalue weighted by Crippen LogP contribution is -2.40. The van der Waals surface area contributed by atoms with Crippen LogP contribution in [-0.2, 0) is 15.7 Å². The lowest BCUT2D eigenvalue weighted by atomic mass is 10.0. The van der Waals surface area contributed by atoms with Gasteiger partial charge in [0.2, 0.25) is 5.91 Å². The Hall–Kier alpha value is -2.52. The van der Waals surface area contributed by atoms with Gasteiger partial charge in [-0.1, -0.05) is 6.92 Å². The van der Waals surface area contributed by atoms with Crippen LogP contribution in [0.2, 0.25) is 0 Å². The monoisotopic (exact) mass is 474 g/mol. The zero-order chi connectivity index (χ0) is 25.6.